The summed E-state index contributed by atoms with van der Waals surface area (Å²) in [6, 6.07) is 6.13. The van der Waals surface area contributed by atoms with Crippen LogP contribution in [0.25, 0.3) is 0 Å². The summed E-state index contributed by atoms with van der Waals surface area (Å²) in [7, 11) is 3.41. The maximum absolute atomic E-state index is 10.6. The molecule has 0 atom stereocenters. The van der Waals surface area contributed by atoms with Gasteiger partial charge in [-0.3, -0.25) is 4.90 Å². The molecule has 0 spiro atoms. The number of piperazine rings is 1. The van der Waals surface area contributed by atoms with E-state index in [0.29, 0.717) is 0 Å². The summed E-state index contributed by atoms with van der Waals surface area (Å²) in [6.07, 6.45) is -2.19. The van der Waals surface area contributed by atoms with Gasteiger partial charge in [0.2, 0.25) is 0 Å². The van der Waals surface area contributed by atoms with Crippen LogP contribution in [-0.4, -0.2) is 74.0 Å². The van der Waals surface area contributed by atoms with Crippen molar-refractivity contribution < 1.29 is 32.5 Å². The Balaban J connectivity index is 0.000000345. The summed E-state index contributed by atoms with van der Waals surface area (Å²) < 4.78 is 42.6. The maximum atomic E-state index is 10.6. The van der Waals surface area contributed by atoms with E-state index in [4.69, 9.17) is 19.4 Å². The molecule has 28 heavy (non-hydrogen) atoms. The van der Waals surface area contributed by atoms with Crippen LogP contribution in [0, 0.1) is 5.92 Å². The lowest BCUT2D eigenvalue weighted by atomic mass is 10.1. The minimum atomic E-state index is -5.08. The molecule has 1 saturated heterocycles. The summed E-state index contributed by atoms with van der Waals surface area (Å²) in [5.74, 6) is -0.0645. The Hall–Kier alpha value is -2.00. The first-order chi connectivity index (χ1) is 13.2. The molecular weight excluding hydrogens is 377 g/mol. The first kappa shape index (κ1) is 22.3. The van der Waals surface area contributed by atoms with Crippen LogP contribution in [0.5, 0.6) is 11.5 Å². The zero-order valence-electron chi connectivity index (χ0n) is 16.2. The van der Waals surface area contributed by atoms with Gasteiger partial charge >= 0.3 is 12.1 Å². The van der Waals surface area contributed by atoms with E-state index in [-0.39, 0.29) is 0 Å². The van der Waals surface area contributed by atoms with Crippen molar-refractivity contribution in [2.24, 2.45) is 5.92 Å². The van der Waals surface area contributed by atoms with Gasteiger partial charge in [-0.1, -0.05) is 12.1 Å². The third-order valence-corrected chi connectivity index (χ3v) is 4.80. The lowest BCUT2D eigenvalue weighted by molar-refractivity contribution is -0.192. The van der Waals surface area contributed by atoms with Gasteiger partial charge in [-0.05, 0) is 24.8 Å². The quantitative estimate of drug-likeness (QED) is 0.787. The molecule has 1 aliphatic heterocycles. The molecule has 1 saturated carbocycles. The molecule has 0 radical (unpaired) electrons. The number of para-hydroxylation sites is 1. The number of rotatable bonds is 6. The molecule has 1 aliphatic carbocycles. The van der Waals surface area contributed by atoms with Crippen LogP contribution in [0.2, 0.25) is 0 Å². The second-order valence-corrected chi connectivity index (χ2v) is 6.98. The molecule has 6 nitrogen and oxygen atoms in total. The molecule has 0 bridgehead atoms. The SMILES string of the molecule is COc1cccc(CN2CCN(CC3CC3)CC2)c1OC.O=C(O)C(F)(F)F. The summed E-state index contributed by atoms with van der Waals surface area (Å²) in [5.41, 5.74) is 1.22. The number of methoxy groups -OCH3 is 2. The van der Waals surface area contributed by atoms with Crippen LogP contribution in [-0.2, 0) is 11.3 Å². The molecule has 2 aliphatic rings. The molecule has 0 aromatic heterocycles. The minimum absolute atomic E-state index is 0.822. The predicted molar refractivity (Wildman–Crippen MR) is 97.7 cm³/mol. The van der Waals surface area contributed by atoms with Crippen molar-refractivity contribution in [3.63, 3.8) is 0 Å². The number of carbonyl (C=O) groups is 1. The number of aliphatic carboxylic acids is 1. The highest BCUT2D eigenvalue weighted by Gasteiger charge is 2.38. The smallest absolute Gasteiger partial charge is 0.490 e. The average Bonchev–Trinajstić information content (AvgIpc) is 3.47. The number of alkyl halides is 3. The number of carboxylic acids is 1. The Bertz CT molecular complexity index is 643. The average molecular weight is 404 g/mol. The lowest BCUT2D eigenvalue weighted by Crippen LogP contribution is -2.46. The summed E-state index contributed by atoms with van der Waals surface area (Å²) in [6.45, 7) is 6.94. The maximum Gasteiger partial charge on any atom is 0.490 e. The molecule has 0 amide bonds. The number of halogens is 3. The van der Waals surface area contributed by atoms with Gasteiger partial charge in [0.1, 0.15) is 0 Å². The van der Waals surface area contributed by atoms with Crippen molar-refractivity contribution in [1.29, 1.82) is 0 Å². The fourth-order valence-electron chi connectivity index (χ4n) is 3.11. The largest absolute Gasteiger partial charge is 0.493 e. The molecule has 3 rings (SSSR count). The molecular formula is C19H27F3N2O4. The van der Waals surface area contributed by atoms with Gasteiger partial charge in [-0.2, -0.15) is 13.2 Å². The van der Waals surface area contributed by atoms with E-state index in [2.05, 4.69) is 15.9 Å². The fourth-order valence-corrected chi connectivity index (χ4v) is 3.11. The predicted octanol–water partition coefficient (Wildman–Crippen LogP) is 2.86. The number of hydrogen-bond donors (Lipinski definition) is 1. The van der Waals surface area contributed by atoms with Gasteiger partial charge in [-0.25, -0.2) is 4.79 Å². The van der Waals surface area contributed by atoms with E-state index in [0.717, 1.165) is 37.1 Å². The number of benzene rings is 1. The second-order valence-electron chi connectivity index (χ2n) is 6.98. The van der Waals surface area contributed by atoms with Crippen molar-refractivity contribution in [2.75, 3.05) is 46.9 Å². The first-order valence-electron chi connectivity index (χ1n) is 9.19. The molecule has 1 heterocycles. The summed E-state index contributed by atoms with van der Waals surface area (Å²) >= 11 is 0. The van der Waals surface area contributed by atoms with Crippen molar-refractivity contribution in [3.8, 4) is 11.5 Å². The molecule has 158 valence electrons. The highest BCUT2D eigenvalue weighted by molar-refractivity contribution is 5.73. The number of nitrogens with zero attached hydrogens (tertiary/aromatic N) is 2. The molecule has 0 unspecified atom stereocenters. The zero-order valence-corrected chi connectivity index (χ0v) is 16.2. The van der Waals surface area contributed by atoms with Crippen LogP contribution < -0.4 is 9.47 Å². The van der Waals surface area contributed by atoms with Gasteiger partial charge in [-0.15, -0.1) is 0 Å². The second kappa shape index (κ2) is 9.97. The fraction of sp³-hybridized carbons (Fsp3) is 0.632. The van der Waals surface area contributed by atoms with Crippen molar-refractivity contribution in [3.05, 3.63) is 23.8 Å². The van der Waals surface area contributed by atoms with Crippen LogP contribution in [0.1, 0.15) is 18.4 Å². The van der Waals surface area contributed by atoms with Gasteiger partial charge in [0.05, 0.1) is 14.2 Å². The topological polar surface area (TPSA) is 62.2 Å². The third-order valence-electron chi connectivity index (χ3n) is 4.80. The van der Waals surface area contributed by atoms with Crippen molar-refractivity contribution in [1.82, 2.24) is 9.80 Å². The Kier molecular flexibility index (Phi) is 7.94. The number of hydrogen-bond acceptors (Lipinski definition) is 5. The Morgan fingerprint density at radius 2 is 1.68 bits per heavy atom. The standard InChI is InChI=1S/C17H26N2O2.C2HF3O2/c1-20-16-5-3-4-15(17(16)21-2)13-19-10-8-18(9-11-19)12-14-6-7-14;3-2(4,5)1(6)7/h3-5,14H,6-13H2,1-2H3;(H,6,7). The molecule has 1 aromatic carbocycles. The monoisotopic (exact) mass is 404 g/mol. The van der Waals surface area contributed by atoms with E-state index in [1.54, 1.807) is 14.2 Å². The highest BCUT2D eigenvalue weighted by Crippen LogP contribution is 2.32. The highest BCUT2D eigenvalue weighted by atomic mass is 19.4. The molecule has 2 fully saturated rings. The zero-order chi connectivity index (χ0) is 20.7. The van der Waals surface area contributed by atoms with E-state index in [9.17, 15) is 13.2 Å². The summed E-state index contributed by atoms with van der Waals surface area (Å²) in [4.78, 5) is 14.0. The van der Waals surface area contributed by atoms with Gasteiger partial charge in [0, 0.05) is 44.8 Å². The first-order valence-corrected chi connectivity index (χ1v) is 9.19. The number of carboxylic acid groups (broad SMARTS) is 1. The number of ether oxygens (including phenoxy) is 2. The van der Waals surface area contributed by atoms with Crippen LogP contribution in [0.3, 0.4) is 0 Å². The van der Waals surface area contributed by atoms with Gasteiger partial charge in [0.25, 0.3) is 0 Å². The summed E-state index contributed by atoms with van der Waals surface area (Å²) in [5, 5.41) is 7.12. The van der Waals surface area contributed by atoms with Crippen LogP contribution in [0.4, 0.5) is 13.2 Å². The normalized spacial score (nSPS) is 18.2. The van der Waals surface area contributed by atoms with Crippen LogP contribution in [0.15, 0.2) is 18.2 Å². The minimum Gasteiger partial charge on any atom is -0.493 e. The Labute approximate surface area is 162 Å². The molecule has 1 aromatic rings. The Morgan fingerprint density at radius 1 is 1.11 bits per heavy atom. The third kappa shape index (κ3) is 6.87. The molecule has 9 heteroatoms. The van der Waals surface area contributed by atoms with E-state index in [1.807, 2.05) is 12.1 Å². The lowest BCUT2D eigenvalue weighted by Gasteiger charge is -2.35. The van der Waals surface area contributed by atoms with Crippen molar-refractivity contribution >= 4 is 5.97 Å². The molecule has 1 N–H and O–H groups in total. The Morgan fingerprint density at radius 3 is 2.14 bits per heavy atom. The van der Waals surface area contributed by atoms with Gasteiger partial charge < -0.3 is 19.5 Å². The van der Waals surface area contributed by atoms with E-state index < -0.39 is 12.1 Å². The van der Waals surface area contributed by atoms with E-state index >= 15 is 0 Å². The van der Waals surface area contributed by atoms with Crippen LogP contribution >= 0.6 is 0 Å². The van der Waals surface area contributed by atoms with Gasteiger partial charge in [0.15, 0.2) is 11.5 Å². The van der Waals surface area contributed by atoms with E-state index in [1.165, 1.54) is 38.0 Å². The van der Waals surface area contributed by atoms with Crippen molar-refractivity contribution in [2.45, 2.75) is 25.6 Å².